The molecule has 0 bridgehead atoms. The maximum atomic E-state index is 11.3. The first-order valence-electron chi connectivity index (χ1n) is 4.22. The molecule has 76 valence electrons. The third-order valence-electron chi connectivity index (χ3n) is 2.05. The second-order valence-corrected chi connectivity index (χ2v) is 2.98. The summed E-state index contributed by atoms with van der Waals surface area (Å²) < 4.78 is 4.51. The number of carbonyl (C=O) groups is 2. The first kappa shape index (κ1) is 10.9. The highest BCUT2D eigenvalue weighted by molar-refractivity contribution is 5.98. The minimum atomic E-state index is -0.617. The molecule has 0 spiro atoms. The SMILES string of the molecule is COC(=O)c1cc(C#N)c(C)cc1C=O. The Morgan fingerprint density at radius 2 is 2.20 bits per heavy atom. The van der Waals surface area contributed by atoms with E-state index in [-0.39, 0.29) is 11.1 Å². The Morgan fingerprint density at radius 1 is 1.53 bits per heavy atom. The molecule has 0 saturated heterocycles. The van der Waals surface area contributed by atoms with Crippen LogP contribution in [0.4, 0.5) is 0 Å². The van der Waals surface area contributed by atoms with Gasteiger partial charge in [0.25, 0.3) is 0 Å². The average molecular weight is 203 g/mol. The molecule has 0 atom stereocenters. The second-order valence-electron chi connectivity index (χ2n) is 2.98. The highest BCUT2D eigenvalue weighted by atomic mass is 16.5. The van der Waals surface area contributed by atoms with Gasteiger partial charge in [0.05, 0.1) is 24.3 Å². The van der Waals surface area contributed by atoms with Crippen molar-refractivity contribution in [2.75, 3.05) is 7.11 Å². The fourth-order valence-electron chi connectivity index (χ4n) is 1.23. The van der Waals surface area contributed by atoms with Gasteiger partial charge in [0.2, 0.25) is 0 Å². The van der Waals surface area contributed by atoms with E-state index >= 15 is 0 Å². The monoisotopic (exact) mass is 203 g/mol. The Kier molecular flexibility index (Phi) is 3.19. The zero-order chi connectivity index (χ0) is 11.4. The standard InChI is InChI=1S/C11H9NO3/c1-7-3-9(6-13)10(11(14)15-2)4-8(7)5-12/h3-4,6H,1-2H3. The number of carbonyl (C=O) groups excluding carboxylic acids is 2. The number of rotatable bonds is 2. The van der Waals surface area contributed by atoms with Crippen molar-refractivity contribution in [2.24, 2.45) is 0 Å². The van der Waals surface area contributed by atoms with Crippen LogP contribution in [-0.4, -0.2) is 19.4 Å². The fourth-order valence-corrected chi connectivity index (χ4v) is 1.23. The van der Waals surface area contributed by atoms with Crippen LogP contribution < -0.4 is 0 Å². The minimum absolute atomic E-state index is 0.120. The molecule has 0 aliphatic rings. The number of benzene rings is 1. The molecule has 0 heterocycles. The van der Waals surface area contributed by atoms with E-state index in [9.17, 15) is 9.59 Å². The third kappa shape index (κ3) is 2.02. The second kappa shape index (κ2) is 4.38. The number of nitrogens with zero attached hydrogens (tertiary/aromatic N) is 1. The molecule has 0 unspecified atom stereocenters. The summed E-state index contributed by atoms with van der Waals surface area (Å²) in [5.74, 6) is -0.617. The summed E-state index contributed by atoms with van der Waals surface area (Å²) in [5, 5.41) is 8.77. The van der Waals surface area contributed by atoms with Crippen LogP contribution in [0.15, 0.2) is 12.1 Å². The molecule has 0 aliphatic heterocycles. The van der Waals surface area contributed by atoms with E-state index in [0.717, 1.165) is 0 Å². The van der Waals surface area contributed by atoms with Crippen molar-refractivity contribution in [1.29, 1.82) is 5.26 Å². The largest absolute Gasteiger partial charge is 0.465 e. The lowest BCUT2D eigenvalue weighted by molar-refractivity contribution is 0.0598. The van der Waals surface area contributed by atoms with Crippen molar-refractivity contribution in [2.45, 2.75) is 6.92 Å². The van der Waals surface area contributed by atoms with Crippen LogP contribution in [0.3, 0.4) is 0 Å². The number of aldehydes is 1. The number of hydrogen-bond acceptors (Lipinski definition) is 4. The van der Waals surface area contributed by atoms with E-state index < -0.39 is 5.97 Å². The molecular weight excluding hydrogens is 194 g/mol. The Bertz CT molecular complexity index is 458. The van der Waals surface area contributed by atoms with Crippen LogP contribution in [0, 0.1) is 18.3 Å². The number of nitriles is 1. The molecule has 0 fully saturated rings. The van der Waals surface area contributed by atoms with Gasteiger partial charge in [-0.2, -0.15) is 5.26 Å². The van der Waals surface area contributed by atoms with Crippen LogP contribution in [0.2, 0.25) is 0 Å². The average Bonchev–Trinajstić information content (AvgIpc) is 2.27. The summed E-state index contributed by atoms with van der Waals surface area (Å²) in [6, 6.07) is 4.81. The van der Waals surface area contributed by atoms with Gasteiger partial charge in [-0.05, 0) is 24.6 Å². The van der Waals surface area contributed by atoms with Gasteiger partial charge in [0.15, 0.2) is 6.29 Å². The van der Waals surface area contributed by atoms with Crippen molar-refractivity contribution in [3.63, 3.8) is 0 Å². The minimum Gasteiger partial charge on any atom is -0.465 e. The molecule has 0 aliphatic carbocycles. The maximum absolute atomic E-state index is 11.3. The molecule has 1 aromatic carbocycles. The normalized spacial score (nSPS) is 9.13. The Labute approximate surface area is 87.1 Å². The zero-order valence-corrected chi connectivity index (χ0v) is 8.40. The van der Waals surface area contributed by atoms with Crippen LogP contribution in [0.5, 0.6) is 0 Å². The highest BCUT2D eigenvalue weighted by Gasteiger charge is 2.13. The van der Waals surface area contributed by atoms with Crippen molar-refractivity contribution in [3.05, 3.63) is 34.4 Å². The van der Waals surface area contributed by atoms with Crippen molar-refractivity contribution in [1.82, 2.24) is 0 Å². The molecule has 0 amide bonds. The molecule has 4 heteroatoms. The number of aryl methyl sites for hydroxylation is 1. The first-order valence-corrected chi connectivity index (χ1v) is 4.22. The highest BCUT2D eigenvalue weighted by Crippen LogP contribution is 2.15. The summed E-state index contributed by atoms with van der Waals surface area (Å²) in [4.78, 5) is 22.0. The topological polar surface area (TPSA) is 67.2 Å². The van der Waals surface area contributed by atoms with E-state index in [1.807, 2.05) is 6.07 Å². The van der Waals surface area contributed by atoms with Gasteiger partial charge < -0.3 is 4.74 Å². The van der Waals surface area contributed by atoms with Crippen LogP contribution in [0.25, 0.3) is 0 Å². The predicted octanol–water partition coefficient (Wildman–Crippen LogP) is 1.47. The first-order chi connectivity index (χ1) is 7.13. The van der Waals surface area contributed by atoms with E-state index in [2.05, 4.69) is 4.74 Å². The molecule has 1 aromatic rings. The van der Waals surface area contributed by atoms with Crippen molar-refractivity contribution < 1.29 is 14.3 Å². The lowest BCUT2D eigenvalue weighted by Crippen LogP contribution is -2.06. The lowest BCUT2D eigenvalue weighted by Gasteiger charge is -2.05. The predicted molar refractivity (Wildman–Crippen MR) is 52.6 cm³/mol. The molecule has 0 N–H and O–H groups in total. The van der Waals surface area contributed by atoms with Gasteiger partial charge in [-0.3, -0.25) is 4.79 Å². The van der Waals surface area contributed by atoms with Gasteiger partial charge in [0.1, 0.15) is 0 Å². The number of esters is 1. The summed E-state index contributed by atoms with van der Waals surface area (Å²) >= 11 is 0. The molecule has 0 aromatic heterocycles. The summed E-state index contributed by atoms with van der Waals surface area (Å²) in [6.07, 6.45) is 0.570. The lowest BCUT2D eigenvalue weighted by atomic mass is 10.0. The molecular formula is C11H9NO3. The van der Waals surface area contributed by atoms with Crippen molar-refractivity contribution in [3.8, 4) is 6.07 Å². The van der Waals surface area contributed by atoms with Gasteiger partial charge in [-0.15, -0.1) is 0 Å². The summed E-state index contributed by atoms with van der Waals surface area (Å²) in [7, 11) is 1.23. The number of hydrogen-bond donors (Lipinski definition) is 0. The van der Waals surface area contributed by atoms with E-state index in [4.69, 9.17) is 5.26 Å². The van der Waals surface area contributed by atoms with Gasteiger partial charge >= 0.3 is 5.97 Å². The number of ether oxygens (including phenoxy) is 1. The van der Waals surface area contributed by atoms with Gasteiger partial charge in [0, 0.05) is 5.56 Å². The quantitative estimate of drug-likeness (QED) is 0.539. The Balaban J connectivity index is 3.43. The molecule has 4 nitrogen and oxygen atoms in total. The summed E-state index contributed by atoms with van der Waals surface area (Å²) in [6.45, 7) is 1.70. The zero-order valence-electron chi connectivity index (χ0n) is 8.40. The van der Waals surface area contributed by atoms with E-state index in [0.29, 0.717) is 17.4 Å². The van der Waals surface area contributed by atoms with Crippen LogP contribution >= 0.6 is 0 Å². The number of methoxy groups -OCH3 is 1. The Morgan fingerprint density at radius 3 is 2.67 bits per heavy atom. The molecule has 0 radical (unpaired) electrons. The van der Waals surface area contributed by atoms with Crippen LogP contribution in [-0.2, 0) is 4.74 Å². The van der Waals surface area contributed by atoms with E-state index in [1.54, 1.807) is 6.92 Å². The smallest absolute Gasteiger partial charge is 0.338 e. The van der Waals surface area contributed by atoms with Crippen LogP contribution in [0.1, 0.15) is 31.8 Å². The Hall–Kier alpha value is -2.15. The molecule has 1 rings (SSSR count). The molecule has 0 saturated carbocycles. The van der Waals surface area contributed by atoms with Crippen molar-refractivity contribution >= 4 is 12.3 Å². The molecule has 15 heavy (non-hydrogen) atoms. The van der Waals surface area contributed by atoms with Gasteiger partial charge in [-0.25, -0.2) is 4.79 Å². The van der Waals surface area contributed by atoms with Gasteiger partial charge in [-0.1, -0.05) is 0 Å². The summed E-state index contributed by atoms with van der Waals surface area (Å²) in [5.41, 5.74) is 1.38. The maximum Gasteiger partial charge on any atom is 0.338 e. The fraction of sp³-hybridized carbons (Fsp3) is 0.182. The van der Waals surface area contributed by atoms with E-state index in [1.165, 1.54) is 19.2 Å². The third-order valence-corrected chi connectivity index (χ3v) is 2.05.